The van der Waals surface area contributed by atoms with E-state index in [2.05, 4.69) is 11.4 Å². The summed E-state index contributed by atoms with van der Waals surface area (Å²) in [5.41, 5.74) is 3.31. The van der Waals surface area contributed by atoms with Crippen LogP contribution >= 0.6 is 35.6 Å². The lowest BCUT2D eigenvalue weighted by Crippen LogP contribution is -2.24. The van der Waals surface area contributed by atoms with Gasteiger partial charge in [-0.1, -0.05) is 53.5 Å². The Morgan fingerprint density at radius 2 is 1.81 bits per heavy atom. The minimum absolute atomic E-state index is 0. The first kappa shape index (κ1) is 12.8. The molecule has 0 bridgehead atoms. The van der Waals surface area contributed by atoms with Crippen LogP contribution in [0.25, 0.3) is 0 Å². The van der Waals surface area contributed by atoms with Crippen molar-refractivity contribution in [1.29, 1.82) is 0 Å². The van der Waals surface area contributed by atoms with Crippen LogP contribution in [0.15, 0.2) is 42.5 Å². The molecule has 1 aliphatic rings. The summed E-state index contributed by atoms with van der Waals surface area (Å²) in [6.45, 7) is -2.14. The van der Waals surface area contributed by atoms with Crippen molar-refractivity contribution in [3.63, 3.8) is 0 Å². The Hall–Kier alpha value is -0.730. The monoisotopic (exact) mass is 345 g/mol. The molecule has 1 N–H and O–H groups in total. The normalized spacial score (nSPS) is 23.2. The van der Waals surface area contributed by atoms with Crippen LogP contribution in [0.1, 0.15) is 45.6 Å². The summed E-state index contributed by atoms with van der Waals surface area (Å²) in [5, 5.41) is 3.85. The molecule has 112 valence electrons. The molecule has 2 aromatic rings. The maximum absolute atomic E-state index is 7.47. The Kier molecular flexibility index (Phi) is 4.27. The molecule has 1 nitrogen and oxygen atoms in total. The molecular formula is C17H18Cl3N. The predicted octanol–water partition coefficient (Wildman–Crippen LogP) is 5.60. The van der Waals surface area contributed by atoms with Gasteiger partial charge in [0.05, 0.1) is 10.0 Å². The highest BCUT2D eigenvalue weighted by molar-refractivity contribution is 6.42. The van der Waals surface area contributed by atoms with E-state index in [0.29, 0.717) is 10.0 Å². The Morgan fingerprint density at radius 1 is 1.05 bits per heavy atom. The van der Waals surface area contributed by atoms with E-state index < -0.39 is 6.98 Å². The zero-order chi connectivity index (χ0) is 16.6. The van der Waals surface area contributed by atoms with Crippen LogP contribution in [0.5, 0.6) is 0 Å². The second-order valence-corrected chi connectivity index (χ2v) is 5.94. The molecule has 0 radical (unpaired) electrons. The van der Waals surface area contributed by atoms with Gasteiger partial charge in [0.1, 0.15) is 0 Å². The quantitative estimate of drug-likeness (QED) is 0.698. The van der Waals surface area contributed by atoms with Crippen molar-refractivity contribution >= 4 is 35.6 Å². The van der Waals surface area contributed by atoms with E-state index in [1.807, 2.05) is 36.4 Å². The van der Waals surface area contributed by atoms with Gasteiger partial charge in [-0.3, -0.25) is 0 Å². The van der Waals surface area contributed by atoms with E-state index >= 15 is 0 Å². The average Bonchev–Trinajstić information content (AvgIpc) is 2.49. The molecule has 21 heavy (non-hydrogen) atoms. The van der Waals surface area contributed by atoms with Gasteiger partial charge in [-0.25, -0.2) is 0 Å². The number of benzene rings is 2. The largest absolute Gasteiger partial charge is 0.313 e. The van der Waals surface area contributed by atoms with E-state index in [4.69, 9.17) is 27.3 Å². The minimum atomic E-state index is -2.14. The fourth-order valence-corrected chi connectivity index (χ4v) is 3.32. The molecule has 1 aliphatic carbocycles. The number of hydrogen-bond acceptors (Lipinski definition) is 1. The Labute approximate surface area is 146 Å². The molecule has 0 saturated heterocycles. The smallest absolute Gasteiger partial charge is 0.0595 e. The number of hydrogen-bond donors (Lipinski definition) is 1. The van der Waals surface area contributed by atoms with Gasteiger partial charge in [0.25, 0.3) is 0 Å². The summed E-state index contributed by atoms with van der Waals surface area (Å²) in [6, 6.07) is 13.6. The zero-order valence-corrected chi connectivity index (χ0v) is 13.6. The van der Waals surface area contributed by atoms with E-state index in [1.54, 1.807) is 0 Å². The van der Waals surface area contributed by atoms with Crippen LogP contribution in [0, 0.1) is 0 Å². The standard InChI is InChI=1S/C17H17Cl2N.ClH/c1-20-17-9-7-12(13-4-2-3-5-14(13)17)11-6-8-15(18)16(19)10-11;/h2-6,8,10,12,17,20H,7,9H2,1H3;1H/t12-,17-;/m0./s1/i1+1D3;. The molecule has 0 unspecified atom stereocenters. The lowest BCUT2D eigenvalue weighted by atomic mass is 9.77. The first-order chi connectivity index (χ1) is 10.8. The summed E-state index contributed by atoms with van der Waals surface area (Å²) in [6.07, 6.45) is 1.63. The zero-order valence-electron chi connectivity index (χ0n) is 14.3. The molecule has 0 saturated carbocycles. The lowest BCUT2D eigenvalue weighted by Gasteiger charge is -2.32. The summed E-state index contributed by atoms with van der Waals surface area (Å²) in [4.78, 5) is 0. The minimum Gasteiger partial charge on any atom is -0.313 e. The highest BCUT2D eigenvalue weighted by Crippen LogP contribution is 2.42. The first-order valence-electron chi connectivity index (χ1n) is 8.16. The number of nitrogens with one attached hydrogen (secondary N) is 1. The van der Waals surface area contributed by atoms with Gasteiger partial charge in [0, 0.05) is 16.1 Å². The molecule has 2 aromatic carbocycles. The van der Waals surface area contributed by atoms with Crippen molar-refractivity contribution in [2.75, 3.05) is 6.98 Å². The summed E-state index contributed by atoms with van der Waals surface area (Å²) >= 11 is 12.2. The van der Waals surface area contributed by atoms with Crippen molar-refractivity contribution < 1.29 is 4.11 Å². The van der Waals surface area contributed by atoms with Crippen molar-refractivity contribution in [1.82, 2.24) is 5.32 Å². The summed E-state index contributed by atoms with van der Waals surface area (Å²) in [5.74, 6) is 0.204. The van der Waals surface area contributed by atoms with Crippen molar-refractivity contribution in [2.24, 2.45) is 0 Å². The SMILES string of the molecule is Cl.[2H][13C]([2H])([2H])N[C@H]1CC[C@@H](c2ccc(Cl)c(Cl)c2)c2ccccc21. The Morgan fingerprint density at radius 3 is 2.52 bits per heavy atom. The highest BCUT2D eigenvalue weighted by atomic mass is 35.5. The second-order valence-electron chi connectivity index (χ2n) is 5.13. The van der Waals surface area contributed by atoms with Crippen LogP contribution in [-0.4, -0.2) is 6.98 Å². The molecule has 2 atom stereocenters. The van der Waals surface area contributed by atoms with E-state index in [9.17, 15) is 0 Å². The summed E-state index contributed by atoms with van der Waals surface area (Å²) in [7, 11) is 0. The molecule has 0 aliphatic heterocycles. The molecule has 0 aromatic heterocycles. The first-order valence-corrected chi connectivity index (χ1v) is 7.42. The van der Waals surface area contributed by atoms with Gasteiger partial charge >= 0.3 is 0 Å². The molecule has 0 amide bonds. The fraction of sp³-hybridized carbons (Fsp3) is 0.294. The van der Waals surface area contributed by atoms with E-state index in [1.165, 1.54) is 0 Å². The number of halogens is 3. The van der Waals surface area contributed by atoms with Crippen LogP contribution in [0.2, 0.25) is 10.0 Å². The molecule has 0 spiro atoms. The van der Waals surface area contributed by atoms with E-state index in [0.717, 1.165) is 29.5 Å². The van der Waals surface area contributed by atoms with Crippen molar-refractivity contribution in [3.05, 3.63) is 69.2 Å². The molecule has 0 fully saturated rings. The Balaban J connectivity index is 0.00000208. The van der Waals surface area contributed by atoms with Gasteiger partial charge in [0.2, 0.25) is 0 Å². The van der Waals surface area contributed by atoms with Gasteiger partial charge in [-0.15, -0.1) is 12.4 Å². The van der Waals surface area contributed by atoms with Crippen LogP contribution in [-0.2, 0) is 0 Å². The van der Waals surface area contributed by atoms with Crippen LogP contribution in [0.3, 0.4) is 0 Å². The Bertz CT molecular complexity index is 718. The highest BCUT2D eigenvalue weighted by Gasteiger charge is 2.27. The van der Waals surface area contributed by atoms with Crippen LogP contribution in [0.4, 0.5) is 0 Å². The average molecular weight is 347 g/mol. The lowest BCUT2D eigenvalue weighted by molar-refractivity contribution is 0.471. The number of rotatable bonds is 2. The van der Waals surface area contributed by atoms with Gasteiger partial charge in [0.15, 0.2) is 0 Å². The van der Waals surface area contributed by atoms with Gasteiger partial charge < -0.3 is 5.32 Å². The molecular weight excluding hydrogens is 326 g/mol. The van der Waals surface area contributed by atoms with E-state index in [-0.39, 0.29) is 24.4 Å². The number of fused-ring (bicyclic) bond motifs is 1. The van der Waals surface area contributed by atoms with Crippen LogP contribution < -0.4 is 5.32 Å². The maximum Gasteiger partial charge on any atom is 0.0595 e. The van der Waals surface area contributed by atoms with Gasteiger partial charge in [-0.05, 0) is 48.6 Å². The third-order valence-corrected chi connectivity index (χ3v) is 4.75. The molecule has 4 heteroatoms. The maximum atomic E-state index is 7.47. The predicted molar refractivity (Wildman–Crippen MR) is 93.0 cm³/mol. The van der Waals surface area contributed by atoms with Crippen molar-refractivity contribution in [2.45, 2.75) is 24.8 Å². The molecule has 3 rings (SSSR count). The third-order valence-electron chi connectivity index (χ3n) is 4.01. The second kappa shape index (κ2) is 7.02. The third kappa shape index (κ3) is 3.22. The summed E-state index contributed by atoms with van der Waals surface area (Å²) < 4.78 is 22.4. The fourth-order valence-electron chi connectivity index (χ4n) is 3.02. The molecule has 0 heterocycles. The van der Waals surface area contributed by atoms with Gasteiger partial charge in [-0.2, -0.15) is 0 Å². The van der Waals surface area contributed by atoms with Crippen molar-refractivity contribution in [3.8, 4) is 0 Å². The topological polar surface area (TPSA) is 12.0 Å².